The third kappa shape index (κ3) is 2.47. The maximum atomic E-state index is 11.3. The fourth-order valence-corrected chi connectivity index (χ4v) is 2.49. The van der Waals surface area contributed by atoms with Crippen LogP contribution >= 0.6 is 0 Å². The first kappa shape index (κ1) is 11.5. The van der Waals surface area contributed by atoms with E-state index in [1.54, 1.807) is 0 Å². The van der Waals surface area contributed by atoms with Crippen molar-refractivity contribution in [1.82, 2.24) is 5.32 Å². The van der Waals surface area contributed by atoms with Crippen molar-refractivity contribution < 1.29 is 9.90 Å². The zero-order chi connectivity index (χ0) is 10.8. The van der Waals surface area contributed by atoms with Crippen LogP contribution in [0.4, 0.5) is 0 Å². The smallest absolute Gasteiger partial charge is 0.323 e. The Kier molecular flexibility index (Phi) is 3.53. The Morgan fingerprint density at radius 3 is 2.64 bits per heavy atom. The molecule has 0 radical (unpaired) electrons. The first-order valence-electron chi connectivity index (χ1n) is 5.47. The van der Waals surface area contributed by atoms with Crippen LogP contribution in [0.3, 0.4) is 0 Å². The summed E-state index contributed by atoms with van der Waals surface area (Å²) in [5.41, 5.74) is -0.661. The Labute approximate surface area is 85.9 Å². The average molecular weight is 199 g/mol. The van der Waals surface area contributed by atoms with Gasteiger partial charge in [0.05, 0.1) is 0 Å². The van der Waals surface area contributed by atoms with Gasteiger partial charge in [-0.2, -0.15) is 0 Å². The highest BCUT2D eigenvalue weighted by Crippen LogP contribution is 2.32. The van der Waals surface area contributed by atoms with Gasteiger partial charge in [0.15, 0.2) is 0 Å². The summed E-state index contributed by atoms with van der Waals surface area (Å²) in [7, 11) is 0. The molecule has 1 fully saturated rings. The van der Waals surface area contributed by atoms with E-state index in [2.05, 4.69) is 12.2 Å². The summed E-state index contributed by atoms with van der Waals surface area (Å²) in [6.45, 7) is 6.15. The summed E-state index contributed by atoms with van der Waals surface area (Å²) in [5, 5.41) is 12.5. The molecule has 0 aliphatic heterocycles. The first-order chi connectivity index (χ1) is 6.46. The Hall–Kier alpha value is -0.570. The minimum absolute atomic E-state index is 0.233. The van der Waals surface area contributed by atoms with Gasteiger partial charge in [-0.3, -0.25) is 10.1 Å². The normalized spacial score (nSPS) is 33.3. The van der Waals surface area contributed by atoms with Crippen LogP contribution in [0.1, 0.15) is 46.5 Å². The van der Waals surface area contributed by atoms with Crippen molar-refractivity contribution in [2.24, 2.45) is 5.92 Å². The molecule has 0 spiro atoms. The van der Waals surface area contributed by atoms with Gasteiger partial charge in [-0.1, -0.05) is 19.8 Å². The third-order valence-corrected chi connectivity index (χ3v) is 2.97. The van der Waals surface area contributed by atoms with Crippen LogP contribution in [0.25, 0.3) is 0 Å². The monoisotopic (exact) mass is 199 g/mol. The minimum atomic E-state index is -0.683. The largest absolute Gasteiger partial charge is 0.480 e. The molecule has 1 rings (SSSR count). The quantitative estimate of drug-likeness (QED) is 0.731. The summed E-state index contributed by atoms with van der Waals surface area (Å²) >= 11 is 0. The van der Waals surface area contributed by atoms with Crippen molar-refractivity contribution in [1.29, 1.82) is 0 Å². The Balaban J connectivity index is 2.75. The maximum absolute atomic E-state index is 11.3. The molecule has 2 N–H and O–H groups in total. The van der Waals surface area contributed by atoms with Crippen molar-refractivity contribution in [2.75, 3.05) is 0 Å². The molecule has 2 unspecified atom stereocenters. The minimum Gasteiger partial charge on any atom is -0.480 e. The van der Waals surface area contributed by atoms with E-state index in [-0.39, 0.29) is 6.04 Å². The highest BCUT2D eigenvalue weighted by molar-refractivity contribution is 5.79. The van der Waals surface area contributed by atoms with E-state index in [0.717, 1.165) is 25.7 Å². The second kappa shape index (κ2) is 4.30. The molecule has 3 nitrogen and oxygen atoms in total. The number of carboxylic acid groups (broad SMARTS) is 1. The number of carbonyl (C=O) groups is 1. The van der Waals surface area contributed by atoms with Gasteiger partial charge in [0.2, 0.25) is 0 Å². The van der Waals surface area contributed by atoms with Crippen LogP contribution < -0.4 is 5.32 Å². The third-order valence-electron chi connectivity index (χ3n) is 2.97. The molecular formula is C11H21NO2. The second-order valence-electron chi connectivity index (χ2n) is 4.89. The molecule has 0 aromatic rings. The van der Waals surface area contributed by atoms with Gasteiger partial charge in [-0.25, -0.2) is 0 Å². The van der Waals surface area contributed by atoms with Crippen LogP contribution in [-0.4, -0.2) is 22.7 Å². The van der Waals surface area contributed by atoms with Gasteiger partial charge in [0.25, 0.3) is 0 Å². The molecule has 0 saturated heterocycles. The molecule has 3 heteroatoms. The van der Waals surface area contributed by atoms with Crippen LogP contribution in [0.2, 0.25) is 0 Å². The lowest BCUT2D eigenvalue weighted by atomic mass is 9.76. The zero-order valence-corrected chi connectivity index (χ0v) is 9.34. The van der Waals surface area contributed by atoms with Gasteiger partial charge >= 0.3 is 5.97 Å². The summed E-state index contributed by atoms with van der Waals surface area (Å²) < 4.78 is 0. The molecule has 0 aromatic heterocycles. The standard InChI is InChI=1S/C11H21NO2/c1-8(2)12-11(10(13)14)6-4-5-9(3)7-11/h8-9,12H,4-7H2,1-3H3,(H,13,14). The predicted molar refractivity (Wildman–Crippen MR) is 56.3 cm³/mol. The summed E-state index contributed by atoms with van der Waals surface area (Å²) in [6, 6.07) is 0.233. The van der Waals surface area contributed by atoms with E-state index >= 15 is 0 Å². The average Bonchev–Trinajstić information content (AvgIpc) is 2.02. The van der Waals surface area contributed by atoms with E-state index in [9.17, 15) is 9.90 Å². The van der Waals surface area contributed by atoms with Gasteiger partial charge in [0, 0.05) is 6.04 Å². The highest BCUT2D eigenvalue weighted by atomic mass is 16.4. The number of rotatable bonds is 3. The topological polar surface area (TPSA) is 49.3 Å². The predicted octanol–water partition coefficient (Wildman–Crippen LogP) is 2.02. The van der Waals surface area contributed by atoms with Crippen LogP contribution in [0, 0.1) is 5.92 Å². The molecule has 1 aliphatic rings. The zero-order valence-electron chi connectivity index (χ0n) is 9.34. The lowest BCUT2D eigenvalue weighted by Crippen LogP contribution is -2.56. The first-order valence-corrected chi connectivity index (χ1v) is 5.47. The molecule has 0 amide bonds. The Morgan fingerprint density at radius 2 is 2.21 bits per heavy atom. The Bertz CT molecular complexity index is 211. The lowest BCUT2D eigenvalue weighted by molar-refractivity contribution is -0.147. The number of nitrogens with one attached hydrogen (secondary N) is 1. The van der Waals surface area contributed by atoms with Gasteiger partial charge in [-0.05, 0) is 32.6 Å². The molecular weight excluding hydrogens is 178 g/mol. The van der Waals surface area contributed by atoms with Crippen molar-refractivity contribution >= 4 is 5.97 Å². The van der Waals surface area contributed by atoms with Crippen LogP contribution in [-0.2, 0) is 4.79 Å². The molecule has 0 aromatic carbocycles. The van der Waals surface area contributed by atoms with Crippen molar-refractivity contribution in [2.45, 2.75) is 58.0 Å². The van der Waals surface area contributed by atoms with Gasteiger partial charge < -0.3 is 5.11 Å². The van der Waals surface area contributed by atoms with Crippen LogP contribution in [0.5, 0.6) is 0 Å². The summed E-state index contributed by atoms with van der Waals surface area (Å²) in [5.74, 6) is -0.163. The van der Waals surface area contributed by atoms with Gasteiger partial charge in [-0.15, -0.1) is 0 Å². The number of carboxylic acids is 1. The van der Waals surface area contributed by atoms with Crippen molar-refractivity contribution in [3.8, 4) is 0 Å². The molecule has 82 valence electrons. The van der Waals surface area contributed by atoms with Crippen molar-refractivity contribution in [3.05, 3.63) is 0 Å². The second-order valence-corrected chi connectivity index (χ2v) is 4.89. The van der Waals surface area contributed by atoms with E-state index in [0.29, 0.717) is 5.92 Å². The van der Waals surface area contributed by atoms with Gasteiger partial charge in [0.1, 0.15) is 5.54 Å². The van der Waals surface area contributed by atoms with Crippen molar-refractivity contribution in [3.63, 3.8) is 0 Å². The van der Waals surface area contributed by atoms with E-state index in [1.807, 2.05) is 13.8 Å². The van der Waals surface area contributed by atoms with E-state index < -0.39 is 11.5 Å². The molecule has 1 saturated carbocycles. The maximum Gasteiger partial charge on any atom is 0.323 e. The fourth-order valence-electron chi connectivity index (χ4n) is 2.49. The number of hydrogen-bond acceptors (Lipinski definition) is 2. The summed E-state index contributed by atoms with van der Waals surface area (Å²) in [6.07, 6.45) is 3.72. The highest BCUT2D eigenvalue weighted by Gasteiger charge is 2.41. The molecule has 1 aliphatic carbocycles. The van der Waals surface area contributed by atoms with E-state index in [1.165, 1.54) is 0 Å². The lowest BCUT2D eigenvalue weighted by Gasteiger charge is -2.38. The van der Waals surface area contributed by atoms with Crippen LogP contribution in [0.15, 0.2) is 0 Å². The number of hydrogen-bond donors (Lipinski definition) is 2. The molecule has 0 bridgehead atoms. The fraction of sp³-hybridized carbons (Fsp3) is 0.909. The molecule has 2 atom stereocenters. The SMILES string of the molecule is CC1CCCC(NC(C)C)(C(=O)O)C1. The molecule has 0 heterocycles. The molecule has 14 heavy (non-hydrogen) atoms. The Morgan fingerprint density at radius 1 is 1.57 bits per heavy atom. The van der Waals surface area contributed by atoms with E-state index in [4.69, 9.17) is 0 Å². The number of aliphatic carboxylic acids is 1. The summed E-state index contributed by atoms with van der Waals surface area (Å²) in [4.78, 5) is 11.3.